The fourth-order valence-corrected chi connectivity index (χ4v) is 3.41. The highest BCUT2D eigenvalue weighted by Crippen LogP contribution is 2.37. The monoisotopic (exact) mass is 292 g/mol. The summed E-state index contributed by atoms with van der Waals surface area (Å²) in [6, 6.07) is 8.00. The summed E-state index contributed by atoms with van der Waals surface area (Å²) in [6.07, 6.45) is 4.88. The Morgan fingerprint density at radius 2 is 2.10 bits per heavy atom. The Hall–Kier alpha value is -1.06. The number of likely N-dealkylation sites (tertiary alicyclic amines) is 1. The standard InChI is InChI=1S/C16H21ClN2O/c17-13-5-2-1-4-12(13)15-6-3-9-19(15)16(20)10-14(18)11-7-8-11/h1-2,4-5,11,14-15H,3,6-10,18H2. The molecule has 2 fully saturated rings. The predicted molar refractivity (Wildman–Crippen MR) is 80.5 cm³/mol. The van der Waals surface area contributed by atoms with Crippen LogP contribution >= 0.6 is 11.6 Å². The van der Waals surface area contributed by atoms with E-state index in [9.17, 15) is 4.79 Å². The van der Waals surface area contributed by atoms with Gasteiger partial charge in [-0.1, -0.05) is 29.8 Å². The van der Waals surface area contributed by atoms with Crippen molar-refractivity contribution in [1.82, 2.24) is 4.90 Å². The number of nitrogens with zero attached hydrogens (tertiary/aromatic N) is 1. The minimum Gasteiger partial charge on any atom is -0.336 e. The number of halogens is 1. The minimum absolute atomic E-state index is 0.0370. The summed E-state index contributed by atoms with van der Waals surface area (Å²) in [6.45, 7) is 0.826. The minimum atomic E-state index is 0.0370. The van der Waals surface area contributed by atoms with E-state index >= 15 is 0 Å². The van der Waals surface area contributed by atoms with E-state index in [-0.39, 0.29) is 18.0 Å². The van der Waals surface area contributed by atoms with Gasteiger partial charge >= 0.3 is 0 Å². The van der Waals surface area contributed by atoms with Gasteiger partial charge in [-0.05, 0) is 43.2 Å². The Morgan fingerprint density at radius 1 is 1.35 bits per heavy atom. The van der Waals surface area contributed by atoms with Gasteiger partial charge in [0.1, 0.15) is 0 Å². The van der Waals surface area contributed by atoms with Crippen LogP contribution in [0.15, 0.2) is 24.3 Å². The van der Waals surface area contributed by atoms with Crippen LogP contribution < -0.4 is 5.73 Å². The van der Waals surface area contributed by atoms with Crippen LogP contribution in [0.3, 0.4) is 0 Å². The van der Waals surface area contributed by atoms with Gasteiger partial charge in [0.05, 0.1) is 6.04 Å². The zero-order valence-electron chi connectivity index (χ0n) is 11.6. The highest BCUT2D eigenvalue weighted by molar-refractivity contribution is 6.31. The molecule has 1 aromatic rings. The second kappa shape index (κ2) is 5.74. The summed E-state index contributed by atoms with van der Waals surface area (Å²) in [7, 11) is 0. The molecule has 20 heavy (non-hydrogen) atoms. The number of benzene rings is 1. The first kappa shape index (κ1) is 13.9. The number of carbonyl (C=O) groups is 1. The Bertz CT molecular complexity index is 501. The zero-order chi connectivity index (χ0) is 14.1. The van der Waals surface area contributed by atoms with Crippen LogP contribution in [0.25, 0.3) is 0 Å². The molecule has 108 valence electrons. The van der Waals surface area contributed by atoms with Crippen LogP contribution in [0.4, 0.5) is 0 Å². The van der Waals surface area contributed by atoms with Crippen LogP contribution in [-0.4, -0.2) is 23.4 Å². The summed E-state index contributed by atoms with van der Waals surface area (Å²) >= 11 is 6.28. The van der Waals surface area contributed by atoms with Gasteiger partial charge in [0.15, 0.2) is 0 Å². The Kier molecular flexibility index (Phi) is 3.99. The average Bonchev–Trinajstić information content (AvgIpc) is 3.17. The van der Waals surface area contributed by atoms with E-state index in [2.05, 4.69) is 0 Å². The first-order chi connectivity index (χ1) is 9.66. The van der Waals surface area contributed by atoms with E-state index in [1.807, 2.05) is 29.2 Å². The quantitative estimate of drug-likeness (QED) is 0.927. The molecule has 4 heteroatoms. The molecule has 0 aromatic heterocycles. The number of amides is 1. The molecule has 0 bridgehead atoms. The van der Waals surface area contributed by atoms with Crippen molar-refractivity contribution in [2.75, 3.05) is 6.54 Å². The molecule has 2 unspecified atom stereocenters. The molecular formula is C16H21ClN2O. The largest absolute Gasteiger partial charge is 0.336 e. The fourth-order valence-electron chi connectivity index (χ4n) is 3.14. The normalized spacial score (nSPS) is 23.9. The van der Waals surface area contributed by atoms with Crippen molar-refractivity contribution < 1.29 is 4.79 Å². The summed E-state index contributed by atoms with van der Waals surface area (Å²) in [4.78, 5) is 14.5. The lowest BCUT2D eigenvalue weighted by Crippen LogP contribution is -2.36. The Morgan fingerprint density at radius 3 is 2.80 bits per heavy atom. The van der Waals surface area contributed by atoms with Gasteiger partial charge in [-0.2, -0.15) is 0 Å². The van der Waals surface area contributed by atoms with Crippen LogP contribution in [0, 0.1) is 5.92 Å². The number of hydrogen-bond acceptors (Lipinski definition) is 2. The van der Waals surface area contributed by atoms with Crippen molar-refractivity contribution in [1.29, 1.82) is 0 Å². The third-order valence-corrected chi connectivity index (χ3v) is 4.82. The molecule has 1 aliphatic carbocycles. The van der Waals surface area contributed by atoms with E-state index in [1.165, 1.54) is 12.8 Å². The van der Waals surface area contributed by atoms with Crippen molar-refractivity contribution >= 4 is 17.5 Å². The molecule has 0 radical (unpaired) electrons. The predicted octanol–water partition coefficient (Wildman–Crippen LogP) is 3.13. The average molecular weight is 293 g/mol. The molecule has 2 aliphatic rings. The molecular weight excluding hydrogens is 272 g/mol. The van der Waals surface area contributed by atoms with Gasteiger partial charge in [-0.15, -0.1) is 0 Å². The van der Waals surface area contributed by atoms with E-state index in [4.69, 9.17) is 17.3 Å². The molecule has 1 aromatic carbocycles. The van der Waals surface area contributed by atoms with Crippen LogP contribution in [0.1, 0.15) is 43.7 Å². The summed E-state index contributed by atoms with van der Waals surface area (Å²) in [5.74, 6) is 0.757. The number of rotatable bonds is 4. The smallest absolute Gasteiger partial charge is 0.224 e. The Labute approximate surface area is 125 Å². The van der Waals surface area contributed by atoms with Gasteiger partial charge in [0.2, 0.25) is 5.91 Å². The number of nitrogens with two attached hydrogens (primary N) is 1. The van der Waals surface area contributed by atoms with Crippen LogP contribution in [-0.2, 0) is 4.79 Å². The van der Waals surface area contributed by atoms with E-state index in [1.54, 1.807) is 0 Å². The van der Waals surface area contributed by atoms with Gasteiger partial charge in [0, 0.05) is 24.0 Å². The fraction of sp³-hybridized carbons (Fsp3) is 0.562. The SMILES string of the molecule is NC(CC(=O)N1CCCC1c1ccccc1Cl)C1CC1. The highest BCUT2D eigenvalue weighted by Gasteiger charge is 2.35. The molecule has 3 nitrogen and oxygen atoms in total. The molecule has 1 saturated carbocycles. The molecule has 2 atom stereocenters. The molecule has 0 spiro atoms. The number of carbonyl (C=O) groups excluding carboxylic acids is 1. The van der Waals surface area contributed by atoms with Crippen molar-refractivity contribution in [3.63, 3.8) is 0 Å². The van der Waals surface area contributed by atoms with E-state index in [0.717, 1.165) is 30.0 Å². The van der Waals surface area contributed by atoms with E-state index in [0.29, 0.717) is 12.3 Å². The van der Waals surface area contributed by atoms with Crippen LogP contribution in [0.2, 0.25) is 5.02 Å². The van der Waals surface area contributed by atoms with Gasteiger partial charge in [-0.25, -0.2) is 0 Å². The third kappa shape index (κ3) is 2.84. The topological polar surface area (TPSA) is 46.3 Å². The maximum Gasteiger partial charge on any atom is 0.224 e. The van der Waals surface area contributed by atoms with Gasteiger partial charge in [0.25, 0.3) is 0 Å². The summed E-state index contributed by atoms with van der Waals surface area (Å²) in [5, 5.41) is 0.753. The van der Waals surface area contributed by atoms with Crippen molar-refractivity contribution in [3.05, 3.63) is 34.9 Å². The van der Waals surface area contributed by atoms with Gasteiger partial charge in [-0.3, -0.25) is 4.79 Å². The molecule has 1 saturated heterocycles. The summed E-state index contributed by atoms with van der Waals surface area (Å²) < 4.78 is 0. The first-order valence-electron chi connectivity index (χ1n) is 7.46. The van der Waals surface area contributed by atoms with Crippen molar-refractivity contribution in [2.24, 2.45) is 11.7 Å². The summed E-state index contributed by atoms with van der Waals surface area (Å²) in [5.41, 5.74) is 7.16. The Balaban J connectivity index is 1.71. The first-order valence-corrected chi connectivity index (χ1v) is 7.84. The lowest BCUT2D eigenvalue weighted by Gasteiger charge is -2.27. The van der Waals surface area contributed by atoms with E-state index < -0.39 is 0 Å². The molecule has 1 heterocycles. The molecule has 1 aliphatic heterocycles. The van der Waals surface area contributed by atoms with Gasteiger partial charge < -0.3 is 10.6 Å². The zero-order valence-corrected chi connectivity index (χ0v) is 12.4. The number of hydrogen-bond donors (Lipinski definition) is 1. The van der Waals surface area contributed by atoms with Crippen LogP contribution in [0.5, 0.6) is 0 Å². The second-order valence-electron chi connectivity index (χ2n) is 5.97. The maximum absolute atomic E-state index is 12.5. The van der Waals surface area contributed by atoms with Crippen molar-refractivity contribution in [2.45, 2.75) is 44.2 Å². The molecule has 1 amide bonds. The maximum atomic E-state index is 12.5. The third-order valence-electron chi connectivity index (χ3n) is 4.48. The van der Waals surface area contributed by atoms with Crippen molar-refractivity contribution in [3.8, 4) is 0 Å². The lowest BCUT2D eigenvalue weighted by molar-refractivity contribution is -0.132. The molecule has 2 N–H and O–H groups in total. The lowest BCUT2D eigenvalue weighted by atomic mass is 10.0. The second-order valence-corrected chi connectivity index (χ2v) is 6.38. The molecule has 3 rings (SSSR count). The highest BCUT2D eigenvalue weighted by atomic mass is 35.5.